The van der Waals surface area contributed by atoms with E-state index in [4.69, 9.17) is 0 Å². The molecule has 1 aliphatic heterocycles. The maximum atomic E-state index is 12.4. The smallest absolute Gasteiger partial charge is 0.387 e. The molecule has 0 aromatic heterocycles. The van der Waals surface area contributed by atoms with Crippen LogP contribution in [0, 0.1) is 11.3 Å². The summed E-state index contributed by atoms with van der Waals surface area (Å²) in [7, 11) is 0. The van der Waals surface area contributed by atoms with Gasteiger partial charge in [0.25, 0.3) is 0 Å². The molecule has 102 valence electrons. The first-order valence-corrected chi connectivity index (χ1v) is 6.10. The van der Waals surface area contributed by atoms with Crippen LogP contribution in [0.15, 0.2) is 24.3 Å². The van der Waals surface area contributed by atoms with Crippen molar-refractivity contribution in [2.75, 3.05) is 26.2 Å². The maximum Gasteiger partial charge on any atom is 0.387 e. The molecular formula is C13H15F2N3O. The largest absolute Gasteiger partial charge is 0.434 e. The summed E-state index contributed by atoms with van der Waals surface area (Å²) in [5, 5.41) is 12.5. The highest BCUT2D eigenvalue weighted by Gasteiger charge is 2.25. The molecule has 0 bridgehead atoms. The van der Waals surface area contributed by atoms with Crippen molar-refractivity contribution in [3.05, 3.63) is 29.8 Å². The lowest BCUT2D eigenvalue weighted by atomic mass is 10.0. The van der Waals surface area contributed by atoms with E-state index in [0.717, 1.165) is 13.1 Å². The van der Waals surface area contributed by atoms with E-state index in [-0.39, 0.29) is 5.75 Å². The Kier molecular flexibility index (Phi) is 4.66. The Morgan fingerprint density at radius 1 is 1.26 bits per heavy atom. The van der Waals surface area contributed by atoms with E-state index in [1.807, 2.05) is 4.90 Å². The summed E-state index contributed by atoms with van der Waals surface area (Å²) in [6, 6.07) is 8.08. The highest BCUT2D eigenvalue weighted by atomic mass is 19.3. The molecule has 1 aliphatic rings. The van der Waals surface area contributed by atoms with Crippen LogP contribution in [0.4, 0.5) is 8.78 Å². The zero-order valence-corrected chi connectivity index (χ0v) is 10.4. The molecule has 1 atom stereocenters. The fourth-order valence-corrected chi connectivity index (χ4v) is 2.20. The lowest BCUT2D eigenvalue weighted by Crippen LogP contribution is -2.44. The highest BCUT2D eigenvalue weighted by Crippen LogP contribution is 2.30. The molecular weight excluding hydrogens is 252 g/mol. The quantitative estimate of drug-likeness (QED) is 0.903. The van der Waals surface area contributed by atoms with Crippen molar-refractivity contribution >= 4 is 0 Å². The molecule has 1 fully saturated rings. The van der Waals surface area contributed by atoms with Crippen molar-refractivity contribution in [3.8, 4) is 11.8 Å². The van der Waals surface area contributed by atoms with Crippen molar-refractivity contribution < 1.29 is 13.5 Å². The van der Waals surface area contributed by atoms with Crippen LogP contribution < -0.4 is 10.1 Å². The third-order valence-corrected chi connectivity index (χ3v) is 3.07. The number of alkyl halides is 2. The topological polar surface area (TPSA) is 48.3 Å². The molecule has 1 heterocycles. The van der Waals surface area contributed by atoms with Gasteiger partial charge in [0.1, 0.15) is 11.8 Å². The third kappa shape index (κ3) is 3.40. The number of benzene rings is 1. The number of hydrogen-bond acceptors (Lipinski definition) is 4. The Labute approximate surface area is 110 Å². The minimum atomic E-state index is -2.89. The van der Waals surface area contributed by atoms with Crippen molar-refractivity contribution in [2.24, 2.45) is 0 Å². The number of para-hydroxylation sites is 1. The van der Waals surface area contributed by atoms with Gasteiger partial charge in [-0.3, -0.25) is 4.90 Å². The number of rotatable bonds is 4. The molecule has 19 heavy (non-hydrogen) atoms. The number of piperazine rings is 1. The van der Waals surface area contributed by atoms with Crippen LogP contribution in [0.1, 0.15) is 11.6 Å². The maximum absolute atomic E-state index is 12.4. The summed E-state index contributed by atoms with van der Waals surface area (Å²) in [6.07, 6.45) is 0. The van der Waals surface area contributed by atoms with Crippen LogP contribution in [0.25, 0.3) is 0 Å². The summed E-state index contributed by atoms with van der Waals surface area (Å²) >= 11 is 0. The standard InChI is InChI=1S/C13H15F2N3O/c14-13(15)19-12-4-2-1-3-10(12)11(9-16)18-7-5-17-6-8-18/h1-4,11,13,17H,5-8H2. The molecule has 0 amide bonds. The fraction of sp³-hybridized carbons (Fsp3) is 0.462. The molecule has 0 aliphatic carbocycles. The predicted octanol–water partition coefficient (Wildman–Crippen LogP) is 1.76. The van der Waals surface area contributed by atoms with Gasteiger partial charge < -0.3 is 10.1 Å². The highest BCUT2D eigenvalue weighted by molar-refractivity contribution is 5.38. The number of hydrogen-bond donors (Lipinski definition) is 1. The second-order valence-electron chi connectivity index (χ2n) is 4.23. The first-order chi connectivity index (χ1) is 9.22. The minimum Gasteiger partial charge on any atom is -0.434 e. The Morgan fingerprint density at radius 3 is 2.58 bits per heavy atom. The fourth-order valence-electron chi connectivity index (χ4n) is 2.20. The number of nitrogens with one attached hydrogen (secondary N) is 1. The molecule has 1 saturated heterocycles. The molecule has 0 radical (unpaired) electrons. The van der Waals surface area contributed by atoms with Gasteiger partial charge in [-0.1, -0.05) is 18.2 Å². The van der Waals surface area contributed by atoms with Crippen LogP contribution in [-0.2, 0) is 0 Å². The first-order valence-electron chi connectivity index (χ1n) is 6.10. The summed E-state index contributed by atoms with van der Waals surface area (Å²) in [4.78, 5) is 1.96. The lowest BCUT2D eigenvalue weighted by Gasteiger charge is -2.31. The van der Waals surface area contributed by atoms with Crippen LogP contribution in [0.5, 0.6) is 5.75 Å². The Morgan fingerprint density at radius 2 is 1.95 bits per heavy atom. The first kappa shape index (κ1) is 13.7. The van der Waals surface area contributed by atoms with Crippen LogP contribution in [0.2, 0.25) is 0 Å². The number of ether oxygens (including phenoxy) is 1. The zero-order chi connectivity index (χ0) is 13.7. The summed E-state index contributed by atoms with van der Waals surface area (Å²) in [5.41, 5.74) is 0.493. The Balaban J connectivity index is 2.24. The Bertz CT molecular complexity index is 455. The zero-order valence-electron chi connectivity index (χ0n) is 10.4. The number of nitrogens with zero attached hydrogens (tertiary/aromatic N) is 2. The molecule has 1 N–H and O–H groups in total. The monoisotopic (exact) mass is 267 g/mol. The van der Waals surface area contributed by atoms with Gasteiger partial charge in [0.05, 0.1) is 6.07 Å². The van der Waals surface area contributed by atoms with E-state index in [0.29, 0.717) is 18.7 Å². The van der Waals surface area contributed by atoms with Crippen LogP contribution >= 0.6 is 0 Å². The second-order valence-corrected chi connectivity index (χ2v) is 4.23. The number of halogens is 2. The van der Waals surface area contributed by atoms with Crippen molar-refractivity contribution in [1.82, 2.24) is 10.2 Å². The van der Waals surface area contributed by atoms with Gasteiger partial charge in [-0.15, -0.1) is 0 Å². The summed E-state index contributed by atoms with van der Waals surface area (Å²) in [6.45, 7) is 0.109. The van der Waals surface area contributed by atoms with Crippen molar-refractivity contribution in [1.29, 1.82) is 5.26 Å². The molecule has 0 spiro atoms. The van der Waals surface area contributed by atoms with Crippen molar-refractivity contribution in [2.45, 2.75) is 12.7 Å². The third-order valence-electron chi connectivity index (χ3n) is 3.07. The van der Waals surface area contributed by atoms with E-state index in [2.05, 4.69) is 16.1 Å². The van der Waals surface area contributed by atoms with Gasteiger partial charge in [0.2, 0.25) is 0 Å². The van der Waals surface area contributed by atoms with E-state index in [1.54, 1.807) is 18.2 Å². The SMILES string of the molecule is N#CC(c1ccccc1OC(F)F)N1CCNCC1. The van der Waals surface area contributed by atoms with Crippen LogP contribution in [0.3, 0.4) is 0 Å². The Hall–Kier alpha value is -1.71. The molecule has 6 heteroatoms. The summed E-state index contributed by atoms with van der Waals surface area (Å²) in [5.74, 6) is 0.0718. The van der Waals surface area contributed by atoms with Gasteiger partial charge in [0, 0.05) is 31.7 Å². The predicted molar refractivity (Wildman–Crippen MR) is 65.9 cm³/mol. The summed E-state index contributed by atoms with van der Waals surface area (Å²) < 4.78 is 29.3. The van der Waals surface area contributed by atoms with Gasteiger partial charge in [0.15, 0.2) is 0 Å². The second kappa shape index (κ2) is 6.45. The average molecular weight is 267 g/mol. The molecule has 1 aromatic rings. The van der Waals surface area contributed by atoms with Crippen LogP contribution in [-0.4, -0.2) is 37.7 Å². The lowest BCUT2D eigenvalue weighted by molar-refractivity contribution is -0.0509. The minimum absolute atomic E-state index is 0.0718. The normalized spacial score (nSPS) is 18.0. The molecule has 1 unspecified atom stereocenters. The van der Waals surface area contributed by atoms with Gasteiger partial charge in [-0.25, -0.2) is 0 Å². The van der Waals surface area contributed by atoms with E-state index in [9.17, 15) is 14.0 Å². The van der Waals surface area contributed by atoms with Crippen molar-refractivity contribution in [3.63, 3.8) is 0 Å². The van der Waals surface area contributed by atoms with Gasteiger partial charge >= 0.3 is 6.61 Å². The van der Waals surface area contributed by atoms with Gasteiger partial charge in [-0.2, -0.15) is 14.0 Å². The van der Waals surface area contributed by atoms with E-state index < -0.39 is 12.7 Å². The number of nitriles is 1. The average Bonchev–Trinajstić information content (AvgIpc) is 2.42. The van der Waals surface area contributed by atoms with Gasteiger partial charge in [-0.05, 0) is 6.07 Å². The molecule has 0 saturated carbocycles. The molecule has 4 nitrogen and oxygen atoms in total. The van der Waals surface area contributed by atoms with E-state index in [1.165, 1.54) is 6.07 Å². The van der Waals surface area contributed by atoms with E-state index >= 15 is 0 Å². The molecule has 1 aromatic carbocycles. The molecule has 2 rings (SSSR count).